The second-order valence-electron chi connectivity index (χ2n) is 6.26. The molecule has 1 amide bonds. The second kappa shape index (κ2) is 7.37. The number of nitrogens with zero attached hydrogens (tertiary/aromatic N) is 1. The van der Waals surface area contributed by atoms with Crippen molar-refractivity contribution < 1.29 is 9.53 Å². The van der Waals surface area contributed by atoms with Gasteiger partial charge in [-0.3, -0.25) is 9.89 Å². The molecule has 0 aliphatic heterocycles. The number of aromatic amines is 2. The molecule has 0 atom stereocenters. The number of amides is 1. The Morgan fingerprint density at radius 1 is 1.15 bits per heavy atom. The van der Waals surface area contributed by atoms with Crippen LogP contribution in [-0.4, -0.2) is 34.7 Å². The quantitative estimate of drug-likeness (QED) is 0.492. The molecule has 0 aliphatic carbocycles. The minimum absolute atomic E-state index is 0.165. The van der Waals surface area contributed by atoms with Crippen LogP contribution >= 0.6 is 0 Å². The summed E-state index contributed by atoms with van der Waals surface area (Å²) in [6.45, 7) is 0.553. The smallest absolute Gasteiger partial charge is 0.269 e. The van der Waals surface area contributed by atoms with E-state index < -0.39 is 0 Å². The molecule has 136 valence electrons. The van der Waals surface area contributed by atoms with Gasteiger partial charge in [-0.25, -0.2) is 0 Å². The number of benzene rings is 2. The van der Waals surface area contributed by atoms with Crippen LogP contribution in [0.2, 0.25) is 0 Å². The zero-order valence-electron chi connectivity index (χ0n) is 15.0. The van der Waals surface area contributed by atoms with Gasteiger partial charge in [-0.05, 0) is 48.4 Å². The second-order valence-corrected chi connectivity index (χ2v) is 6.26. The van der Waals surface area contributed by atoms with Crippen molar-refractivity contribution in [2.45, 2.75) is 6.42 Å². The Morgan fingerprint density at radius 3 is 2.78 bits per heavy atom. The number of carbonyl (C=O) groups is 1. The predicted molar refractivity (Wildman–Crippen MR) is 105 cm³/mol. The maximum Gasteiger partial charge on any atom is 0.269 e. The minimum atomic E-state index is -0.165. The fourth-order valence-electron chi connectivity index (χ4n) is 3.09. The number of H-pyrrole nitrogens is 2. The summed E-state index contributed by atoms with van der Waals surface area (Å²) in [6, 6.07) is 17.5. The predicted octanol–water partition coefficient (Wildman–Crippen LogP) is 3.54. The molecule has 0 saturated carbocycles. The third-order valence-corrected chi connectivity index (χ3v) is 4.56. The van der Waals surface area contributed by atoms with Crippen LogP contribution in [0.1, 0.15) is 16.1 Å². The Hall–Kier alpha value is -3.54. The normalized spacial score (nSPS) is 10.9. The standard InChI is InChI=1S/C21H20N4O2/c1-27-16-8-6-14(7-9-16)19-12-20(25-24-19)21(26)22-11-10-15-13-23-18-5-3-2-4-17(15)18/h2-9,12-13,23H,10-11H2,1H3,(H,22,26)(H,24,25). The fourth-order valence-corrected chi connectivity index (χ4v) is 3.09. The molecule has 2 heterocycles. The molecule has 2 aromatic carbocycles. The van der Waals surface area contributed by atoms with Crippen LogP contribution in [0.3, 0.4) is 0 Å². The van der Waals surface area contributed by atoms with Crippen LogP contribution in [0.25, 0.3) is 22.2 Å². The van der Waals surface area contributed by atoms with Crippen molar-refractivity contribution >= 4 is 16.8 Å². The summed E-state index contributed by atoms with van der Waals surface area (Å²) in [5.41, 5.74) is 4.38. The molecule has 27 heavy (non-hydrogen) atoms. The summed E-state index contributed by atoms with van der Waals surface area (Å²) in [5, 5.41) is 11.2. The van der Waals surface area contributed by atoms with Gasteiger partial charge in [0.2, 0.25) is 0 Å². The van der Waals surface area contributed by atoms with Gasteiger partial charge in [-0.15, -0.1) is 0 Å². The highest BCUT2D eigenvalue weighted by molar-refractivity contribution is 5.93. The van der Waals surface area contributed by atoms with Gasteiger partial charge in [0.05, 0.1) is 12.8 Å². The Bertz CT molecular complexity index is 1060. The third kappa shape index (κ3) is 3.55. The lowest BCUT2D eigenvalue weighted by Gasteiger charge is -2.03. The van der Waals surface area contributed by atoms with Gasteiger partial charge in [0, 0.05) is 29.2 Å². The molecule has 0 radical (unpaired) electrons. The van der Waals surface area contributed by atoms with Gasteiger partial charge in [-0.2, -0.15) is 5.10 Å². The summed E-state index contributed by atoms with van der Waals surface area (Å²) in [6.07, 6.45) is 2.75. The van der Waals surface area contributed by atoms with E-state index in [9.17, 15) is 4.79 Å². The lowest BCUT2D eigenvalue weighted by Crippen LogP contribution is -2.25. The lowest BCUT2D eigenvalue weighted by atomic mass is 10.1. The van der Waals surface area contributed by atoms with Crippen LogP contribution < -0.4 is 10.1 Å². The van der Waals surface area contributed by atoms with Crippen molar-refractivity contribution in [2.24, 2.45) is 0 Å². The number of ether oxygens (including phenoxy) is 1. The van der Waals surface area contributed by atoms with Crippen molar-refractivity contribution in [3.8, 4) is 17.0 Å². The third-order valence-electron chi connectivity index (χ3n) is 4.56. The fraction of sp³-hybridized carbons (Fsp3) is 0.143. The summed E-state index contributed by atoms with van der Waals surface area (Å²) in [7, 11) is 1.63. The molecule has 0 spiro atoms. The van der Waals surface area contributed by atoms with Crippen molar-refractivity contribution in [3.05, 3.63) is 72.1 Å². The molecule has 3 N–H and O–H groups in total. The van der Waals surface area contributed by atoms with E-state index in [1.54, 1.807) is 13.2 Å². The van der Waals surface area contributed by atoms with Gasteiger partial charge in [0.15, 0.2) is 0 Å². The molecule has 4 rings (SSSR count). The van der Waals surface area contributed by atoms with E-state index in [0.29, 0.717) is 12.2 Å². The van der Waals surface area contributed by atoms with Gasteiger partial charge < -0.3 is 15.0 Å². The first kappa shape index (κ1) is 16.9. The first-order valence-electron chi connectivity index (χ1n) is 8.77. The van der Waals surface area contributed by atoms with Gasteiger partial charge >= 0.3 is 0 Å². The number of methoxy groups -OCH3 is 1. The molecule has 0 fully saturated rings. The van der Waals surface area contributed by atoms with Gasteiger partial charge in [0.25, 0.3) is 5.91 Å². The number of aromatic nitrogens is 3. The van der Waals surface area contributed by atoms with E-state index in [2.05, 4.69) is 26.6 Å². The Morgan fingerprint density at radius 2 is 1.96 bits per heavy atom. The van der Waals surface area contributed by atoms with E-state index in [0.717, 1.165) is 28.9 Å². The molecular weight excluding hydrogens is 340 g/mol. The average molecular weight is 360 g/mol. The average Bonchev–Trinajstić information content (AvgIpc) is 3.36. The van der Waals surface area contributed by atoms with Crippen molar-refractivity contribution in [1.29, 1.82) is 0 Å². The molecule has 0 saturated heterocycles. The zero-order valence-corrected chi connectivity index (χ0v) is 15.0. The van der Waals surface area contributed by atoms with Crippen LogP contribution in [0, 0.1) is 0 Å². The molecule has 0 unspecified atom stereocenters. The number of para-hydroxylation sites is 1. The molecule has 0 bridgehead atoms. The summed E-state index contributed by atoms with van der Waals surface area (Å²) >= 11 is 0. The van der Waals surface area contributed by atoms with E-state index in [4.69, 9.17) is 4.74 Å². The topological polar surface area (TPSA) is 82.8 Å². The maximum atomic E-state index is 12.4. The summed E-state index contributed by atoms with van der Waals surface area (Å²) in [4.78, 5) is 15.6. The molecular formula is C21H20N4O2. The largest absolute Gasteiger partial charge is 0.497 e. The Labute approximate surface area is 156 Å². The first-order valence-corrected chi connectivity index (χ1v) is 8.77. The highest BCUT2D eigenvalue weighted by Gasteiger charge is 2.11. The lowest BCUT2D eigenvalue weighted by molar-refractivity contribution is 0.0949. The number of carbonyl (C=O) groups excluding carboxylic acids is 1. The summed E-state index contributed by atoms with van der Waals surface area (Å²) in [5.74, 6) is 0.617. The van der Waals surface area contributed by atoms with E-state index in [-0.39, 0.29) is 5.91 Å². The van der Waals surface area contributed by atoms with Gasteiger partial charge in [-0.1, -0.05) is 18.2 Å². The first-order chi connectivity index (χ1) is 13.2. The molecule has 6 nitrogen and oxygen atoms in total. The molecule has 0 aliphatic rings. The Kier molecular flexibility index (Phi) is 4.61. The van der Waals surface area contributed by atoms with Crippen molar-refractivity contribution in [1.82, 2.24) is 20.5 Å². The van der Waals surface area contributed by atoms with Crippen LogP contribution in [-0.2, 0) is 6.42 Å². The highest BCUT2D eigenvalue weighted by atomic mass is 16.5. The number of rotatable bonds is 6. The van der Waals surface area contributed by atoms with Crippen LogP contribution in [0.4, 0.5) is 0 Å². The van der Waals surface area contributed by atoms with Crippen molar-refractivity contribution in [2.75, 3.05) is 13.7 Å². The van der Waals surface area contributed by atoms with Gasteiger partial charge in [0.1, 0.15) is 11.4 Å². The van der Waals surface area contributed by atoms with Crippen LogP contribution in [0.5, 0.6) is 5.75 Å². The molecule has 6 heteroatoms. The zero-order chi connectivity index (χ0) is 18.6. The van der Waals surface area contributed by atoms with E-state index in [1.807, 2.05) is 48.7 Å². The molecule has 4 aromatic rings. The molecule has 2 aromatic heterocycles. The number of fused-ring (bicyclic) bond motifs is 1. The van der Waals surface area contributed by atoms with Crippen LogP contribution in [0.15, 0.2) is 60.8 Å². The highest BCUT2D eigenvalue weighted by Crippen LogP contribution is 2.21. The SMILES string of the molecule is COc1ccc(-c2cc(C(=O)NCCc3c[nH]c4ccccc34)[nH]n2)cc1. The van der Waals surface area contributed by atoms with E-state index in [1.165, 1.54) is 10.9 Å². The number of nitrogens with one attached hydrogen (secondary N) is 3. The van der Waals surface area contributed by atoms with E-state index >= 15 is 0 Å². The van der Waals surface area contributed by atoms with Crippen molar-refractivity contribution in [3.63, 3.8) is 0 Å². The Balaban J connectivity index is 1.38. The monoisotopic (exact) mass is 360 g/mol. The number of hydrogen-bond donors (Lipinski definition) is 3. The minimum Gasteiger partial charge on any atom is -0.497 e. The summed E-state index contributed by atoms with van der Waals surface area (Å²) < 4.78 is 5.16. The maximum absolute atomic E-state index is 12.4. The number of hydrogen-bond acceptors (Lipinski definition) is 3.